The summed E-state index contributed by atoms with van der Waals surface area (Å²) in [6, 6.07) is 5.80. The number of piperazine rings is 1. The number of nitrogens with zero attached hydrogens (tertiary/aromatic N) is 6. The minimum absolute atomic E-state index is 0.268. The molecule has 0 amide bonds. The first kappa shape index (κ1) is 15.6. The highest BCUT2D eigenvalue weighted by atomic mass is 35.5. The second-order valence-corrected chi connectivity index (χ2v) is 7.17. The molecule has 1 aromatic carbocycles. The van der Waals surface area contributed by atoms with Gasteiger partial charge < -0.3 is 9.80 Å². The molecule has 2 aromatic heterocycles. The van der Waals surface area contributed by atoms with Crippen molar-refractivity contribution in [3.63, 3.8) is 0 Å². The van der Waals surface area contributed by atoms with Crippen molar-refractivity contribution in [1.29, 1.82) is 0 Å². The van der Waals surface area contributed by atoms with E-state index < -0.39 is 0 Å². The zero-order valence-corrected chi connectivity index (χ0v) is 15.0. The minimum Gasteiger partial charge on any atom is -0.351 e. The van der Waals surface area contributed by atoms with E-state index in [-0.39, 0.29) is 5.92 Å². The van der Waals surface area contributed by atoms with Crippen molar-refractivity contribution < 1.29 is 0 Å². The van der Waals surface area contributed by atoms with Crippen LogP contribution in [0, 0.1) is 0 Å². The molecule has 1 aliphatic rings. The highest BCUT2D eigenvalue weighted by Crippen LogP contribution is 2.28. The molecule has 0 atom stereocenters. The molecule has 0 aliphatic carbocycles. The quantitative estimate of drug-likeness (QED) is 0.715. The first-order valence-corrected chi connectivity index (χ1v) is 8.70. The molecule has 0 N–H and O–H groups in total. The van der Waals surface area contributed by atoms with Crippen LogP contribution in [0.3, 0.4) is 0 Å². The van der Waals surface area contributed by atoms with Crippen LogP contribution in [0.1, 0.15) is 25.6 Å². The van der Waals surface area contributed by atoms with Crippen molar-refractivity contribution in [2.24, 2.45) is 0 Å². The van der Waals surface area contributed by atoms with E-state index in [1.165, 1.54) is 0 Å². The van der Waals surface area contributed by atoms with Crippen LogP contribution in [-0.4, -0.2) is 57.7 Å². The first-order valence-electron chi connectivity index (χ1n) is 8.32. The molecule has 0 bridgehead atoms. The Bertz CT molecular complexity index is 895. The average Bonchev–Trinajstić information content (AvgIpc) is 3.01. The summed E-state index contributed by atoms with van der Waals surface area (Å²) in [5.74, 6) is 2.12. The maximum atomic E-state index is 6.22. The van der Waals surface area contributed by atoms with E-state index in [4.69, 9.17) is 16.6 Å². The van der Waals surface area contributed by atoms with Crippen molar-refractivity contribution in [1.82, 2.24) is 24.5 Å². The zero-order chi connectivity index (χ0) is 16.8. The molecule has 126 valence electrons. The summed E-state index contributed by atoms with van der Waals surface area (Å²) in [6.45, 7) is 8.20. The predicted molar refractivity (Wildman–Crippen MR) is 97.1 cm³/mol. The topological polar surface area (TPSA) is 49.6 Å². The number of hydrogen-bond donors (Lipinski definition) is 0. The number of rotatable bonds is 2. The lowest BCUT2D eigenvalue weighted by atomic mass is 10.2. The monoisotopic (exact) mass is 344 g/mol. The Kier molecular flexibility index (Phi) is 3.81. The van der Waals surface area contributed by atoms with Crippen LogP contribution in [0.5, 0.6) is 0 Å². The molecular weight excluding hydrogens is 324 g/mol. The minimum atomic E-state index is 0.268. The van der Waals surface area contributed by atoms with Gasteiger partial charge in [0.2, 0.25) is 5.65 Å². The maximum absolute atomic E-state index is 6.22. The second-order valence-electron chi connectivity index (χ2n) is 6.73. The molecule has 7 heteroatoms. The van der Waals surface area contributed by atoms with Crippen molar-refractivity contribution in [3.8, 4) is 0 Å². The lowest BCUT2D eigenvalue weighted by Crippen LogP contribution is -2.45. The third kappa shape index (κ3) is 2.50. The first-order chi connectivity index (χ1) is 11.5. The van der Waals surface area contributed by atoms with Crippen LogP contribution in [0.2, 0.25) is 5.02 Å². The molecule has 3 heterocycles. The fourth-order valence-corrected chi connectivity index (χ4v) is 3.38. The molecule has 1 aliphatic heterocycles. The van der Waals surface area contributed by atoms with Crippen LogP contribution in [0.15, 0.2) is 18.2 Å². The average molecular weight is 345 g/mol. The van der Waals surface area contributed by atoms with Crippen molar-refractivity contribution in [2.75, 3.05) is 38.1 Å². The number of likely N-dealkylation sites (N-methyl/N-ethyl adjacent to an activating group) is 1. The van der Waals surface area contributed by atoms with E-state index in [9.17, 15) is 0 Å². The number of benzene rings is 1. The van der Waals surface area contributed by atoms with Gasteiger partial charge in [0.15, 0.2) is 5.82 Å². The van der Waals surface area contributed by atoms with Gasteiger partial charge in [-0.05, 0) is 25.2 Å². The highest BCUT2D eigenvalue weighted by Gasteiger charge is 2.23. The standard InChI is InChI=1S/C17H21ClN6/c1-11(2)15-20-21-17-16(23-8-6-22(3)7-9-23)19-13-5-4-12(18)10-14(13)24(15)17/h4-5,10-11H,6-9H2,1-3H3. The van der Waals surface area contributed by atoms with Crippen molar-refractivity contribution in [3.05, 3.63) is 29.0 Å². The smallest absolute Gasteiger partial charge is 0.204 e. The normalized spacial score (nSPS) is 16.6. The molecule has 6 nitrogen and oxygen atoms in total. The van der Waals surface area contributed by atoms with Gasteiger partial charge in [0.05, 0.1) is 11.0 Å². The third-order valence-electron chi connectivity index (χ3n) is 4.61. The van der Waals surface area contributed by atoms with Crippen molar-refractivity contribution in [2.45, 2.75) is 19.8 Å². The number of anilines is 1. The SMILES string of the molecule is CC(C)c1nnc2c(N3CCN(C)CC3)nc3ccc(Cl)cc3n12. The van der Waals surface area contributed by atoms with E-state index >= 15 is 0 Å². The fourth-order valence-electron chi connectivity index (χ4n) is 3.22. The molecule has 0 radical (unpaired) electrons. The van der Waals surface area contributed by atoms with Crippen LogP contribution < -0.4 is 4.90 Å². The Balaban J connectivity index is 1.98. The summed E-state index contributed by atoms with van der Waals surface area (Å²) in [5, 5.41) is 9.60. The van der Waals surface area contributed by atoms with E-state index in [0.29, 0.717) is 5.02 Å². The molecule has 4 rings (SSSR count). The number of halogens is 1. The van der Waals surface area contributed by atoms with Gasteiger partial charge in [-0.3, -0.25) is 4.40 Å². The van der Waals surface area contributed by atoms with E-state index in [1.807, 2.05) is 18.2 Å². The Morgan fingerprint density at radius 3 is 2.54 bits per heavy atom. The van der Waals surface area contributed by atoms with Gasteiger partial charge >= 0.3 is 0 Å². The van der Waals surface area contributed by atoms with Gasteiger partial charge in [-0.15, -0.1) is 10.2 Å². The summed E-state index contributed by atoms with van der Waals surface area (Å²) in [4.78, 5) is 9.53. The van der Waals surface area contributed by atoms with Gasteiger partial charge in [-0.1, -0.05) is 25.4 Å². The molecule has 3 aromatic rings. The predicted octanol–water partition coefficient (Wildman–Crippen LogP) is 2.81. The largest absolute Gasteiger partial charge is 0.351 e. The highest BCUT2D eigenvalue weighted by molar-refractivity contribution is 6.31. The zero-order valence-electron chi connectivity index (χ0n) is 14.2. The molecular formula is C17H21ClN6. The summed E-state index contributed by atoms with van der Waals surface area (Å²) >= 11 is 6.22. The lowest BCUT2D eigenvalue weighted by Gasteiger charge is -2.33. The summed E-state index contributed by atoms with van der Waals surface area (Å²) in [7, 11) is 2.15. The summed E-state index contributed by atoms with van der Waals surface area (Å²) in [6.07, 6.45) is 0. The second kappa shape index (κ2) is 5.86. The third-order valence-corrected chi connectivity index (χ3v) is 4.85. The maximum Gasteiger partial charge on any atom is 0.204 e. The molecule has 0 unspecified atom stereocenters. The number of hydrogen-bond acceptors (Lipinski definition) is 5. The number of fused-ring (bicyclic) bond motifs is 3. The van der Waals surface area contributed by atoms with Gasteiger partial charge in [0.25, 0.3) is 0 Å². The van der Waals surface area contributed by atoms with Gasteiger partial charge in [-0.25, -0.2) is 4.98 Å². The molecule has 0 saturated carbocycles. The molecule has 1 fully saturated rings. The van der Waals surface area contributed by atoms with Gasteiger partial charge in [0.1, 0.15) is 5.82 Å². The van der Waals surface area contributed by atoms with Crippen LogP contribution in [0.4, 0.5) is 5.82 Å². The number of aromatic nitrogens is 4. The Morgan fingerprint density at radius 1 is 1.08 bits per heavy atom. The Hall–Kier alpha value is -1.92. The molecule has 0 spiro atoms. The summed E-state index contributed by atoms with van der Waals surface area (Å²) < 4.78 is 2.12. The molecule has 24 heavy (non-hydrogen) atoms. The Morgan fingerprint density at radius 2 is 1.83 bits per heavy atom. The van der Waals surface area contributed by atoms with Crippen LogP contribution in [-0.2, 0) is 0 Å². The summed E-state index contributed by atoms with van der Waals surface area (Å²) in [5.41, 5.74) is 2.70. The van der Waals surface area contributed by atoms with Crippen LogP contribution >= 0.6 is 11.6 Å². The van der Waals surface area contributed by atoms with Crippen molar-refractivity contribution >= 4 is 34.1 Å². The van der Waals surface area contributed by atoms with Gasteiger partial charge in [0, 0.05) is 37.1 Å². The Labute approximate surface area is 146 Å². The van der Waals surface area contributed by atoms with E-state index in [0.717, 1.165) is 54.5 Å². The van der Waals surface area contributed by atoms with Gasteiger partial charge in [-0.2, -0.15) is 0 Å². The van der Waals surface area contributed by atoms with E-state index in [2.05, 4.69) is 45.3 Å². The fraction of sp³-hybridized carbons (Fsp3) is 0.471. The molecule has 1 saturated heterocycles. The van der Waals surface area contributed by atoms with Crippen LogP contribution in [0.25, 0.3) is 16.7 Å². The lowest BCUT2D eigenvalue weighted by molar-refractivity contribution is 0.312. The van der Waals surface area contributed by atoms with E-state index in [1.54, 1.807) is 0 Å².